The number of fused-ring (bicyclic) bond motifs is 1. The number of nitrogens with zero attached hydrogens (tertiary/aromatic N) is 3. The van der Waals surface area contributed by atoms with Crippen molar-refractivity contribution >= 4 is 0 Å². The van der Waals surface area contributed by atoms with Crippen LogP contribution < -0.4 is 0 Å². The second kappa shape index (κ2) is 3.32. The minimum atomic E-state index is 0.679. The zero-order valence-corrected chi connectivity index (χ0v) is 9.56. The van der Waals surface area contributed by atoms with Gasteiger partial charge in [-0.1, -0.05) is 20.3 Å². The zero-order valence-electron chi connectivity index (χ0n) is 9.56. The van der Waals surface area contributed by atoms with Crippen LogP contribution in [0.1, 0.15) is 44.9 Å². The maximum Gasteiger partial charge on any atom is 0.136 e. The Hall–Kier alpha value is -0.860. The first-order valence-electron chi connectivity index (χ1n) is 6.15. The summed E-state index contributed by atoms with van der Waals surface area (Å²) < 4.78 is 2.27. The average Bonchev–Trinajstić information content (AvgIpc) is 2.64. The van der Waals surface area contributed by atoms with Gasteiger partial charge in [-0.15, -0.1) is 10.2 Å². The molecule has 0 amide bonds. The maximum absolute atomic E-state index is 4.33. The predicted octanol–water partition coefficient (Wildman–Crippen LogP) is 2.45. The molecule has 2 aliphatic rings. The molecule has 82 valence electrons. The summed E-state index contributed by atoms with van der Waals surface area (Å²) in [4.78, 5) is 0. The molecule has 0 aliphatic heterocycles. The van der Waals surface area contributed by atoms with Crippen molar-refractivity contribution in [2.24, 2.45) is 17.8 Å². The fourth-order valence-electron chi connectivity index (χ4n) is 3.26. The molecule has 1 aromatic heterocycles. The molecule has 2 unspecified atom stereocenters. The van der Waals surface area contributed by atoms with E-state index in [0.717, 1.165) is 24.3 Å². The molecular weight excluding hydrogens is 186 g/mol. The summed E-state index contributed by atoms with van der Waals surface area (Å²) in [6, 6.07) is 0. The summed E-state index contributed by atoms with van der Waals surface area (Å²) in [7, 11) is 0. The van der Waals surface area contributed by atoms with Gasteiger partial charge in [0.25, 0.3) is 0 Å². The lowest BCUT2D eigenvalue weighted by Gasteiger charge is -2.09. The third kappa shape index (κ3) is 1.48. The number of rotatable bonds is 3. The van der Waals surface area contributed by atoms with Crippen LogP contribution in [-0.4, -0.2) is 14.8 Å². The van der Waals surface area contributed by atoms with E-state index in [4.69, 9.17) is 0 Å². The van der Waals surface area contributed by atoms with Gasteiger partial charge in [0.05, 0.1) is 0 Å². The molecule has 2 aliphatic carbocycles. The first-order chi connectivity index (χ1) is 7.27. The van der Waals surface area contributed by atoms with E-state index in [9.17, 15) is 0 Å². The standard InChI is InChI=1S/C12H19N3/c1-8(2)6-15-7-13-14-12(15)11-9-4-3-5-10(9)11/h7-11H,3-6H2,1-2H3. The lowest BCUT2D eigenvalue weighted by Crippen LogP contribution is -2.08. The zero-order chi connectivity index (χ0) is 10.4. The molecular formula is C12H19N3. The van der Waals surface area contributed by atoms with Crippen LogP contribution in [0.2, 0.25) is 0 Å². The van der Waals surface area contributed by atoms with Gasteiger partial charge < -0.3 is 4.57 Å². The smallest absolute Gasteiger partial charge is 0.136 e. The van der Waals surface area contributed by atoms with Crippen molar-refractivity contribution in [1.29, 1.82) is 0 Å². The van der Waals surface area contributed by atoms with Gasteiger partial charge in [-0.3, -0.25) is 0 Å². The Labute approximate surface area is 90.9 Å². The molecule has 2 atom stereocenters. The average molecular weight is 205 g/mol. The lowest BCUT2D eigenvalue weighted by molar-refractivity contribution is 0.496. The molecule has 2 fully saturated rings. The van der Waals surface area contributed by atoms with E-state index in [1.807, 2.05) is 6.33 Å². The third-order valence-electron chi connectivity index (χ3n) is 3.91. The van der Waals surface area contributed by atoms with E-state index in [1.54, 1.807) is 0 Å². The molecule has 1 heterocycles. The van der Waals surface area contributed by atoms with Gasteiger partial charge in [0, 0.05) is 12.5 Å². The Bertz CT molecular complexity index is 346. The van der Waals surface area contributed by atoms with Crippen LogP contribution >= 0.6 is 0 Å². The molecule has 0 saturated heterocycles. The molecule has 0 bridgehead atoms. The van der Waals surface area contributed by atoms with Crippen molar-refractivity contribution in [3.05, 3.63) is 12.2 Å². The van der Waals surface area contributed by atoms with Crippen molar-refractivity contribution in [2.45, 2.75) is 45.6 Å². The summed E-state index contributed by atoms with van der Waals surface area (Å²) in [6.07, 6.45) is 6.18. The van der Waals surface area contributed by atoms with E-state index >= 15 is 0 Å². The monoisotopic (exact) mass is 205 g/mol. The van der Waals surface area contributed by atoms with E-state index in [0.29, 0.717) is 5.92 Å². The summed E-state index contributed by atoms with van der Waals surface area (Å²) >= 11 is 0. The molecule has 3 nitrogen and oxygen atoms in total. The predicted molar refractivity (Wildman–Crippen MR) is 58.4 cm³/mol. The van der Waals surface area contributed by atoms with Gasteiger partial charge in [0.2, 0.25) is 0 Å². The normalized spacial score (nSPS) is 33.4. The Morgan fingerprint density at radius 2 is 2.13 bits per heavy atom. The SMILES string of the molecule is CC(C)Cn1cnnc1C1C2CCCC21. The van der Waals surface area contributed by atoms with Crippen LogP contribution in [0.5, 0.6) is 0 Å². The number of hydrogen-bond acceptors (Lipinski definition) is 2. The highest BCUT2D eigenvalue weighted by molar-refractivity contribution is 5.17. The number of aromatic nitrogens is 3. The minimum Gasteiger partial charge on any atom is -0.317 e. The largest absolute Gasteiger partial charge is 0.317 e. The first-order valence-corrected chi connectivity index (χ1v) is 6.15. The topological polar surface area (TPSA) is 30.7 Å². The number of hydrogen-bond donors (Lipinski definition) is 0. The fraction of sp³-hybridized carbons (Fsp3) is 0.833. The van der Waals surface area contributed by atoms with Crippen LogP contribution in [0.25, 0.3) is 0 Å². The second-order valence-electron chi connectivity index (χ2n) is 5.52. The Morgan fingerprint density at radius 1 is 1.40 bits per heavy atom. The van der Waals surface area contributed by atoms with Crippen molar-refractivity contribution in [3.63, 3.8) is 0 Å². The van der Waals surface area contributed by atoms with E-state index < -0.39 is 0 Å². The maximum atomic E-state index is 4.33. The van der Waals surface area contributed by atoms with E-state index in [1.165, 1.54) is 25.1 Å². The second-order valence-corrected chi connectivity index (χ2v) is 5.52. The molecule has 0 spiro atoms. The Morgan fingerprint density at radius 3 is 2.80 bits per heavy atom. The highest BCUT2D eigenvalue weighted by Gasteiger charge is 2.55. The summed E-state index contributed by atoms with van der Waals surface area (Å²) in [5.74, 6) is 4.58. The van der Waals surface area contributed by atoms with Gasteiger partial charge in [-0.05, 0) is 30.6 Å². The summed E-state index contributed by atoms with van der Waals surface area (Å²) in [6.45, 7) is 5.56. The van der Waals surface area contributed by atoms with Crippen molar-refractivity contribution in [3.8, 4) is 0 Å². The van der Waals surface area contributed by atoms with Crippen LogP contribution in [0, 0.1) is 17.8 Å². The molecule has 0 aromatic carbocycles. The van der Waals surface area contributed by atoms with Gasteiger partial charge in [-0.2, -0.15) is 0 Å². The van der Waals surface area contributed by atoms with E-state index in [-0.39, 0.29) is 0 Å². The van der Waals surface area contributed by atoms with Crippen LogP contribution in [-0.2, 0) is 6.54 Å². The van der Waals surface area contributed by atoms with Gasteiger partial charge >= 0.3 is 0 Å². The van der Waals surface area contributed by atoms with Gasteiger partial charge in [0.15, 0.2) is 0 Å². The molecule has 0 N–H and O–H groups in total. The first kappa shape index (κ1) is 9.37. The van der Waals surface area contributed by atoms with Crippen LogP contribution in [0.15, 0.2) is 6.33 Å². The van der Waals surface area contributed by atoms with E-state index in [2.05, 4.69) is 28.6 Å². The fourth-order valence-corrected chi connectivity index (χ4v) is 3.26. The Balaban J connectivity index is 1.78. The Kier molecular flexibility index (Phi) is 2.08. The van der Waals surface area contributed by atoms with Gasteiger partial charge in [0.1, 0.15) is 12.2 Å². The molecule has 15 heavy (non-hydrogen) atoms. The molecule has 0 radical (unpaired) electrons. The van der Waals surface area contributed by atoms with Crippen molar-refractivity contribution in [2.75, 3.05) is 0 Å². The highest BCUT2D eigenvalue weighted by atomic mass is 15.3. The van der Waals surface area contributed by atoms with Gasteiger partial charge in [-0.25, -0.2) is 0 Å². The van der Waals surface area contributed by atoms with Crippen molar-refractivity contribution in [1.82, 2.24) is 14.8 Å². The molecule has 3 heteroatoms. The minimum absolute atomic E-state index is 0.679. The molecule has 1 aromatic rings. The summed E-state index contributed by atoms with van der Waals surface area (Å²) in [5, 5.41) is 8.40. The highest BCUT2D eigenvalue weighted by Crippen LogP contribution is 2.62. The van der Waals surface area contributed by atoms with Crippen LogP contribution in [0.3, 0.4) is 0 Å². The third-order valence-corrected chi connectivity index (χ3v) is 3.91. The van der Waals surface area contributed by atoms with Crippen LogP contribution in [0.4, 0.5) is 0 Å². The molecule has 3 rings (SSSR count). The van der Waals surface area contributed by atoms with Crippen molar-refractivity contribution < 1.29 is 0 Å². The lowest BCUT2D eigenvalue weighted by atomic mass is 10.1. The summed E-state index contributed by atoms with van der Waals surface area (Å²) in [5.41, 5.74) is 0. The molecule has 2 saturated carbocycles. The quantitative estimate of drug-likeness (QED) is 0.759.